The molecule has 2 atom stereocenters. The maximum atomic E-state index is 10.4. The van der Waals surface area contributed by atoms with Crippen LogP contribution in [-0.4, -0.2) is 37.3 Å². The lowest BCUT2D eigenvalue weighted by Crippen LogP contribution is -2.39. The van der Waals surface area contributed by atoms with Gasteiger partial charge in [0.15, 0.2) is 5.65 Å². The molecule has 1 saturated carbocycles. The van der Waals surface area contributed by atoms with Crippen molar-refractivity contribution in [3.05, 3.63) is 69.9 Å². The second-order valence-corrected chi connectivity index (χ2v) is 9.62. The molecular formula is C25H24BrN5O. The van der Waals surface area contributed by atoms with Crippen molar-refractivity contribution in [3.8, 4) is 11.1 Å². The summed E-state index contributed by atoms with van der Waals surface area (Å²) in [6, 6.07) is 10.4. The summed E-state index contributed by atoms with van der Waals surface area (Å²) in [5.41, 5.74) is 7.13. The Morgan fingerprint density at radius 3 is 2.81 bits per heavy atom. The number of hydrogen-bond acceptors (Lipinski definition) is 5. The standard InChI is InChI=1S/C25H24BrN5O/c1-14-22(26)23(17-8-9-21(28-11-17)24(32)15-6-7-15)30-25-19(13-29-31(14)25)18-10-16-4-2-3-5-20(16)27-12-18/h2-5,10,12-13,17,21,28,32H,6-9,11H2,1H3. The zero-order valence-corrected chi connectivity index (χ0v) is 19.4. The van der Waals surface area contributed by atoms with Gasteiger partial charge in [-0.3, -0.25) is 4.98 Å². The van der Waals surface area contributed by atoms with Gasteiger partial charge in [-0.15, -0.1) is 0 Å². The molecule has 0 bridgehead atoms. The third-order valence-electron chi connectivity index (χ3n) is 6.73. The smallest absolute Gasteiger partial charge is 0.163 e. The quantitative estimate of drug-likeness (QED) is 0.373. The summed E-state index contributed by atoms with van der Waals surface area (Å²) in [5.74, 6) is 0.850. The Hall–Kier alpha value is -2.77. The Morgan fingerprint density at radius 1 is 1.19 bits per heavy atom. The molecule has 0 amide bonds. The molecule has 1 aromatic carbocycles. The fraction of sp³-hybridized carbons (Fsp3) is 0.320. The Bertz CT molecular complexity index is 1380. The molecule has 6 nitrogen and oxygen atoms in total. The number of aryl methyl sites for hydroxylation is 1. The number of piperidine rings is 1. The van der Waals surface area contributed by atoms with Crippen molar-refractivity contribution in [1.29, 1.82) is 0 Å². The van der Waals surface area contributed by atoms with Crippen LogP contribution in [0.4, 0.5) is 0 Å². The Kier molecular flexibility index (Phi) is 4.77. The first-order valence-corrected chi connectivity index (χ1v) is 11.9. The van der Waals surface area contributed by atoms with Gasteiger partial charge in [0.05, 0.1) is 33.6 Å². The highest BCUT2D eigenvalue weighted by Gasteiger charge is 2.31. The van der Waals surface area contributed by atoms with E-state index in [9.17, 15) is 5.11 Å². The first kappa shape index (κ1) is 19.9. The predicted octanol–water partition coefficient (Wildman–Crippen LogP) is 5.46. The van der Waals surface area contributed by atoms with Crippen LogP contribution in [0.1, 0.15) is 43.0 Å². The minimum absolute atomic E-state index is 0.0848. The number of nitrogens with one attached hydrogen (secondary N) is 1. The van der Waals surface area contributed by atoms with Gasteiger partial charge >= 0.3 is 0 Å². The summed E-state index contributed by atoms with van der Waals surface area (Å²) >= 11 is 3.79. The molecule has 0 radical (unpaired) electrons. The van der Waals surface area contributed by atoms with Gasteiger partial charge in [-0.2, -0.15) is 5.10 Å². The Morgan fingerprint density at radius 2 is 2.03 bits per heavy atom. The third-order valence-corrected chi connectivity index (χ3v) is 7.71. The van der Waals surface area contributed by atoms with E-state index in [1.54, 1.807) is 0 Å². The number of benzene rings is 1. The van der Waals surface area contributed by atoms with Crippen molar-refractivity contribution < 1.29 is 5.11 Å². The van der Waals surface area contributed by atoms with Crippen LogP contribution >= 0.6 is 15.9 Å². The fourth-order valence-electron chi connectivity index (χ4n) is 4.72. The van der Waals surface area contributed by atoms with Crippen molar-refractivity contribution >= 4 is 32.5 Å². The van der Waals surface area contributed by atoms with Gasteiger partial charge in [-0.25, -0.2) is 9.50 Å². The number of pyridine rings is 1. The lowest BCUT2D eigenvalue weighted by atomic mass is 9.90. The predicted molar refractivity (Wildman–Crippen MR) is 129 cm³/mol. The molecule has 4 aromatic rings. The van der Waals surface area contributed by atoms with Crippen LogP contribution in [0.3, 0.4) is 0 Å². The molecule has 6 rings (SSSR count). The monoisotopic (exact) mass is 489 g/mol. The van der Waals surface area contributed by atoms with Crippen LogP contribution < -0.4 is 5.32 Å². The molecule has 3 aromatic heterocycles. The summed E-state index contributed by atoms with van der Waals surface area (Å²) in [4.78, 5) is 9.73. The molecule has 2 fully saturated rings. The van der Waals surface area contributed by atoms with E-state index in [2.05, 4.69) is 50.4 Å². The van der Waals surface area contributed by atoms with Gasteiger partial charge in [0.1, 0.15) is 5.76 Å². The number of aliphatic hydroxyl groups excluding tert-OH is 1. The second-order valence-electron chi connectivity index (χ2n) is 8.83. The Labute approximate surface area is 194 Å². The lowest BCUT2D eigenvalue weighted by Gasteiger charge is -2.30. The maximum Gasteiger partial charge on any atom is 0.163 e. The lowest BCUT2D eigenvalue weighted by molar-refractivity contribution is 0.289. The number of nitrogens with zero attached hydrogens (tertiary/aromatic N) is 4. The number of fused-ring (bicyclic) bond motifs is 2. The van der Waals surface area contributed by atoms with Crippen LogP contribution in [-0.2, 0) is 0 Å². The van der Waals surface area contributed by atoms with Crippen molar-refractivity contribution in [2.75, 3.05) is 6.54 Å². The van der Waals surface area contributed by atoms with E-state index in [0.29, 0.717) is 5.76 Å². The molecule has 32 heavy (non-hydrogen) atoms. The molecule has 1 aliphatic heterocycles. The number of aliphatic hydroxyl groups is 1. The Balaban J connectivity index is 1.38. The highest BCUT2D eigenvalue weighted by atomic mass is 79.9. The molecule has 1 saturated heterocycles. The van der Waals surface area contributed by atoms with Crippen molar-refractivity contribution in [1.82, 2.24) is 24.9 Å². The molecule has 7 heteroatoms. The van der Waals surface area contributed by atoms with E-state index >= 15 is 0 Å². The van der Waals surface area contributed by atoms with Crippen molar-refractivity contribution in [2.45, 2.75) is 44.6 Å². The van der Waals surface area contributed by atoms with E-state index < -0.39 is 0 Å². The SMILES string of the molecule is Cc1c(Br)c(C2CCC(C(O)=C3CC3)NC2)nc2c(-c3cnc4ccccc4c3)cnn12. The average Bonchev–Trinajstić information content (AvgIpc) is 3.60. The first-order chi connectivity index (χ1) is 15.6. The number of aromatic nitrogens is 4. The minimum atomic E-state index is 0.0848. The molecule has 162 valence electrons. The van der Waals surface area contributed by atoms with Crippen LogP contribution in [0.5, 0.6) is 0 Å². The summed E-state index contributed by atoms with van der Waals surface area (Å²) in [7, 11) is 0. The number of hydrogen-bond donors (Lipinski definition) is 2. The molecule has 2 aliphatic rings. The number of para-hydroxylation sites is 1. The van der Waals surface area contributed by atoms with Gasteiger partial charge in [0, 0.05) is 35.2 Å². The van der Waals surface area contributed by atoms with E-state index in [1.807, 2.05) is 35.1 Å². The highest BCUT2D eigenvalue weighted by molar-refractivity contribution is 9.10. The number of rotatable bonds is 3. The number of allylic oxidation sites excluding steroid dienone is 1. The average molecular weight is 490 g/mol. The fourth-order valence-corrected chi connectivity index (χ4v) is 5.30. The van der Waals surface area contributed by atoms with E-state index in [-0.39, 0.29) is 12.0 Å². The van der Waals surface area contributed by atoms with E-state index in [0.717, 1.165) is 75.8 Å². The number of halogens is 1. The summed E-state index contributed by atoms with van der Waals surface area (Å²) in [6.07, 6.45) is 7.77. The zero-order chi connectivity index (χ0) is 21.8. The largest absolute Gasteiger partial charge is 0.511 e. The summed E-state index contributed by atoms with van der Waals surface area (Å²) in [5, 5.41) is 19.7. The van der Waals surface area contributed by atoms with E-state index in [4.69, 9.17) is 4.98 Å². The second kappa shape index (κ2) is 7.67. The molecule has 1 aliphatic carbocycles. The summed E-state index contributed by atoms with van der Waals surface area (Å²) in [6.45, 7) is 2.87. The van der Waals surface area contributed by atoms with Crippen LogP contribution in [0.2, 0.25) is 0 Å². The molecule has 0 spiro atoms. The maximum absolute atomic E-state index is 10.4. The van der Waals surface area contributed by atoms with Crippen molar-refractivity contribution in [2.24, 2.45) is 0 Å². The van der Waals surface area contributed by atoms with Gasteiger partial charge in [0.2, 0.25) is 0 Å². The molecular weight excluding hydrogens is 466 g/mol. The van der Waals surface area contributed by atoms with E-state index in [1.165, 1.54) is 5.57 Å². The first-order valence-electron chi connectivity index (χ1n) is 11.1. The van der Waals surface area contributed by atoms with Gasteiger partial charge in [0.25, 0.3) is 0 Å². The highest BCUT2D eigenvalue weighted by Crippen LogP contribution is 2.37. The van der Waals surface area contributed by atoms with Crippen LogP contribution in [0.25, 0.3) is 27.7 Å². The van der Waals surface area contributed by atoms with Crippen molar-refractivity contribution in [3.63, 3.8) is 0 Å². The zero-order valence-electron chi connectivity index (χ0n) is 17.8. The van der Waals surface area contributed by atoms with Gasteiger partial charge in [-0.05, 0) is 66.2 Å². The van der Waals surface area contributed by atoms with Crippen LogP contribution in [0.15, 0.2) is 58.5 Å². The summed E-state index contributed by atoms with van der Waals surface area (Å²) < 4.78 is 2.91. The van der Waals surface area contributed by atoms with Crippen LogP contribution in [0, 0.1) is 6.92 Å². The van der Waals surface area contributed by atoms with Gasteiger partial charge in [-0.1, -0.05) is 18.2 Å². The normalized spacial score (nSPS) is 20.8. The van der Waals surface area contributed by atoms with Gasteiger partial charge < -0.3 is 10.4 Å². The molecule has 4 heterocycles. The molecule has 2 unspecified atom stereocenters. The topological polar surface area (TPSA) is 75.3 Å². The minimum Gasteiger partial charge on any atom is -0.511 e. The molecule has 2 N–H and O–H groups in total. The third kappa shape index (κ3) is 3.31.